The van der Waals surface area contributed by atoms with E-state index in [1.54, 1.807) is 26.4 Å². The van der Waals surface area contributed by atoms with E-state index in [2.05, 4.69) is 34.2 Å². The van der Waals surface area contributed by atoms with E-state index >= 15 is 0 Å². The average Bonchev–Trinajstić information content (AvgIpc) is 3.11. The predicted octanol–water partition coefficient (Wildman–Crippen LogP) is 2.68. The van der Waals surface area contributed by atoms with E-state index in [1.807, 2.05) is 24.3 Å². The number of hydrogen-bond acceptors (Lipinski definition) is 7. The Balaban J connectivity index is 1.61. The van der Waals surface area contributed by atoms with Crippen LogP contribution < -0.4 is 15.0 Å². The summed E-state index contributed by atoms with van der Waals surface area (Å²) >= 11 is 0. The lowest BCUT2D eigenvalue weighted by Crippen LogP contribution is -2.46. The molecule has 34 heavy (non-hydrogen) atoms. The molecule has 0 atom stereocenters. The SMILES string of the molecule is CCN1CCN(c2ccc(NC3=C(c4ccccc4OC)C(=O)N(CCOC)C3=O)cc2)CC1. The van der Waals surface area contributed by atoms with E-state index in [1.165, 1.54) is 4.90 Å². The van der Waals surface area contributed by atoms with Gasteiger partial charge in [-0.1, -0.05) is 25.1 Å². The molecule has 4 rings (SSSR count). The standard InChI is InChI=1S/C26H32N4O4/c1-4-28-13-15-29(16-14-28)20-11-9-19(10-12-20)27-24-23(21-7-5-6-8-22(21)34-3)25(31)30(26(24)32)17-18-33-2/h5-12,27H,4,13-18H2,1-3H3. The summed E-state index contributed by atoms with van der Waals surface area (Å²) < 4.78 is 10.6. The van der Waals surface area contributed by atoms with Gasteiger partial charge in [0.1, 0.15) is 11.4 Å². The number of anilines is 2. The predicted molar refractivity (Wildman–Crippen MR) is 133 cm³/mol. The highest BCUT2D eigenvalue weighted by molar-refractivity contribution is 6.37. The molecule has 2 aromatic rings. The Kier molecular flexibility index (Phi) is 7.49. The molecule has 0 spiro atoms. The van der Waals surface area contributed by atoms with Gasteiger partial charge in [0, 0.05) is 50.2 Å². The minimum atomic E-state index is -0.372. The van der Waals surface area contributed by atoms with Crippen LogP contribution in [-0.2, 0) is 14.3 Å². The number of amides is 2. The van der Waals surface area contributed by atoms with Crippen LogP contribution in [0.4, 0.5) is 11.4 Å². The van der Waals surface area contributed by atoms with Gasteiger partial charge in [0.15, 0.2) is 0 Å². The molecule has 2 amide bonds. The topological polar surface area (TPSA) is 74.3 Å². The van der Waals surface area contributed by atoms with Crippen LogP contribution in [0.2, 0.25) is 0 Å². The summed E-state index contributed by atoms with van der Waals surface area (Å²) in [5.74, 6) is -0.199. The molecule has 8 nitrogen and oxygen atoms in total. The van der Waals surface area contributed by atoms with Gasteiger partial charge in [0.2, 0.25) is 0 Å². The molecule has 0 aromatic heterocycles. The molecule has 180 valence electrons. The molecule has 1 N–H and O–H groups in total. The van der Waals surface area contributed by atoms with Gasteiger partial charge >= 0.3 is 0 Å². The number of piperazine rings is 1. The third-order valence-corrected chi connectivity index (χ3v) is 6.38. The fourth-order valence-corrected chi connectivity index (χ4v) is 4.40. The Hall–Kier alpha value is -3.36. The van der Waals surface area contributed by atoms with Crippen LogP contribution in [-0.4, -0.2) is 81.7 Å². The highest BCUT2D eigenvalue weighted by Crippen LogP contribution is 2.35. The van der Waals surface area contributed by atoms with Crippen molar-refractivity contribution in [3.8, 4) is 5.75 Å². The molecular weight excluding hydrogens is 432 g/mol. The maximum Gasteiger partial charge on any atom is 0.278 e. The number of para-hydroxylation sites is 1. The van der Waals surface area contributed by atoms with Gasteiger partial charge in [0.25, 0.3) is 11.8 Å². The Morgan fingerprint density at radius 3 is 2.26 bits per heavy atom. The molecule has 0 saturated carbocycles. The summed E-state index contributed by atoms with van der Waals surface area (Å²) in [7, 11) is 3.10. The number of nitrogens with zero attached hydrogens (tertiary/aromatic N) is 3. The fraction of sp³-hybridized carbons (Fsp3) is 0.385. The van der Waals surface area contributed by atoms with Crippen LogP contribution in [0.3, 0.4) is 0 Å². The highest BCUT2D eigenvalue weighted by Gasteiger charge is 2.40. The first kappa shape index (κ1) is 23.8. The number of benzene rings is 2. The van der Waals surface area contributed by atoms with Gasteiger partial charge in [0.05, 0.1) is 25.8 Å². The lowest BCUT2D eigenvalue weighted by molar-refractivity contribution is -0.137. The monoisotopic (exact) mass is 464 g/mol. The third-order valence-electron chi connectivity index (χ3n) is 6.38. The van der Waals surface area contributed by atoms with Gasteiger partial charge < -0.3 is 24.6 Å². The van der Waals surface area contributed by atoms with Crippen LogP contribution >= 0.6 is 0 Å². The first-order valence-corrected chi connectivity index (χ1v) is 11.6. The van der Waals surface area contributed by atoms with E-state index in [0.29, 0.717) is 16.9 Å². The second-order valence-electron chi connectivity index (χ2n) is 8.30. The average molecular weight is 465 g/mol. The number of hydrogen-bond donors (Lipinski definition) is 1. The van der Waals surface area contributed by atoms with Crippen LogP contribution in [0.15, 0.2) is 54.2 Å². The quantitative estimate of drug-likeness (QED) is 0.572. The van der Waals surface area contributed by atoms with E-state index < -0.39 is 0 Å². The molecule has 0 aliphatic carbocycles. The van der Waals surface area contributed by atoms with Crippen molar-refractivity contribution in [1.82, 2.24) is 9.80 Å². The van der Waals surface area contributed by atoms with E-state index in [-0.39, 0.29) is 30.7 Å². The van der Waals surface area contributed by atoms with Crippen molar-refractivity contribution >= 4 is 28.8 Å². The summed E-state index contributed by atoms with van der Waals surface area (Å²) in [5.41, 5.74) is 3.02. The second-order valence-corrected chi connectivity index (χ2v) is 8.30. The number of methoxy groups -OCH3 is 2. The summed E-state index contributed by atoms with van der Waals surface area (Å²) in [5, 5.41) is 3.22. The normalized spacial score (nSPS) is 17.0. The van der Waals surface area contributed by atoms with Crippen molar-refractivity contribution < 1.29 is 19.1 Å². The van der Waals surface area contributed by atoms with Gasteiger partial charge in [-0.2, -0.15) is 0 Å². The maximum atomic E-state index is 13.3. The van der Waals surface area contributed by atoms with Gasteiger partial charge in [-0.25, -0.2) is 0 Å². The first-order valence-electron chi connectivity index (χ1n) is 11.6. The molecule has 1 fully saturated rings. The van der Waals surface area contributed by atoms with Crippen molar-refractivity contribution in [3.05, 3.63) is 59.8 Å². The Morgan fingerprint density at radius 1 is 0.912 bits per heavy atom. The zero-order valence-electron chi connectivity index (χ0n) is 20.0. The summed E-state index contributed by atoms with van der Waals surface area (Å²) in [6.45, 7) is 7.81. The number of nitrogens with one attached hydrogen (secondary N) is 1. The molecule has 0 unspecified atom stereocenters. The van der Waals surface area contributed by atoms with Crippen LogP contribution in [0.5, 0.6) is 5.75 Å². The van der Waals surface area contributed by atoms with Gasteiger partial charge in [-0.15, -0.1) is 0 Å². The Bertz CT molecular complexity index is 1060. The second kappa shape index (κ2) is 10.7. The molecule has 2 aliphatic heterocycles. The number of carbonyl (C=O) groups excluding carboxylic acids is 2. The van der Waals surface area contributed by atoms with Crippen molar-refractivity contribution in [3.63, 3.8) is 0 Å². The van der Waals surface area contributed by atoms with Crippen LogP contribution in [0.25, 0.3) is 5.57 Å². The minimum absolute atomic E-state index is 0.181. The summed E-state index contributed by atoms with van der Waals surface area (Å²) in [4.78, 5) is 32.6. The lowest BCUT2D eigenvalue weighted by Gasteiger charge is -2.35. The Labute approximate surface area is 200 Å². The smallest absolute Gasteiger partial charge is 0.278 e. The first-order chi connectivity index (χ1) is 16.6. The summed E-state index contributed by atoms with van der Waals surface area (Å²) in [6, 6.07) is 15.2. The number of carbonyl (C=O) groups is 2. The zero-order chi connectivity index (χ0) is 24.1. The van der Waals surface area contributed by atoms with E-state index in [9.17, 15) is 9.59 Å². The highest BCUT2D eigenvalue weighted by atomic mass is 16.5. The molecule has 2 aromatic carbocycles. The van der Waals surface area contributed by atoms with Crippen molar-refractivity contribution in [2.75, 3.05) is 70.3 Å². The van der Waals surface area contributed by atoms with Crippen molar-refractivity contribution in [2.45, 2.75) is 6.92 Å². The van der Waals surface area contributed by atoms with Crippen LogP contribution in [0, 0.1) is 0 Å². The summed E-state index contributed by atoms with van der Waals surface area (Å²) in [6.07, 6.45) is 0. The number of imide groups is 1. The van der Waals surface area contributed by atoms with E-state index in [4.69, 9.17) is 9.47 Å². The molecular formula is C26H32N4O4. The molecule has 2 heterocycles. The fourth-order valence-electron chi connectivity index (χ4n) is 4.40. The molecule has 2 aliphatic rings. The molecule has 1 saturated heterocycles. The number of likely N-dealkylation sites (N-methyl/N-ethyl adjacent to an activating group) is 1. The minimum Gasteiger partial charge on any atom is -0.496 e. The maximum absolute atomic E-state index is 13.3. The molecule has 0 bridgehead atoms. The zero-order valence-corrected chi connectivity index (χ0v) is 20.0. The van der Waals surface area contributed by atoms with Crippen molar-refractivity contribution in [1.29, 1.82) is 0 Å². The number of ether oxygens (including phenoxy) is 2. The lowest BCUT2D eigenvalue weighted by atomic mass is 10.0. The van der Waals surface area contributed by atoms with Gasteiger partial charge in [-0.05, 0) is 36.9 Å². The Morgan fingerprint density at radius 2 is 1.62 bits per heavy atom. The third kappa shape index (κ3) is 4.78. The van der Waals surface area contributed by atoms with Crippen LogP contribution in [0.1, 0.15) is 12.5 Å². The number of rotatable bonds is 9. The molecule has 8 heteroatoms. The van der Waals surface area contributed by atoms with Crippen molar-refractivity contribution in [2.24, 2.45) is 0 Å². The van der Waals surface area contributed by atoms with Gasteiger partial charge in [-0.3, -0.25) is 14.5 Å². The molecule has 0 radical (unpaired) electrons. The van der Waals surface area contributed by atoms with E-state index in [0.717, 1.165) is 44.1 Å². The largest absolute Gasteiger partial charge is 0.496 e.